The predicted molar refractivity (Wildman–Crippen MR) is 73.2 cm³/mol. The number of rotatable bonds is 3. The molecule has 0 bridgehead atoms. The predicted octanol–water partition coefficient (Wildman–Crippen LogP) is 3.04. The zero-order chi connectivity index (χ0) is 14.0. The van der Waals surface area contributed by atoms with E-state index in [0.29, 0.717) is 5.02 Å². The van der Waals surface area contributed by atoms with Gasteiger partial charge in [-0.1, -0.05) is 17.7 Å². The number of nitrogens with two attached hydrogens (primary N) is 1. The summed E-state index contributed by atoms with van der Waals surface area (Å²) in [5.41, 5.74) is 5.76. The fraction of sp³-hybridized carbons (Fsp3) is 0.0769. The van der Waals surface area contributed by atoms with E-state index in [0.717, 1.165) is 6.07 Å². The van der Waals surface area contributed by atoms with Gasteiger partial charge in [0.15, 0.2) is 9.84 Å². The Morgan fingerprint density at radius 3 is 2.32 bits per heavy atom. The second-order valence-corrected chi connectivity index (χ2v) is 6.49. The van der Waals surface area contributed by atoms with Crippen LogP contribution < -0.4 is 5.73 Å². The van der Waals surface area contributed by atoms with Gasteiger partial charge in [-0.25, -0.2) is 12.8 Å². The smallest absolute Gasteiger partial charge is 0.182 e. The van der Waals surface area contributed by atoms with Crippen molar-refractivity contribution in [3.05, 3.63) is 58.9 Å². The van der Waals surface area contributed by atoms with E-state index in [-0.39, 0.29) is 16.1 Å². The average Bonchev–Trinajstić information content (AvgIpc) is 2.33. The first kappa shape index (κ1) is 13.8. The number of benzene rings is 2. The minimum Gasteiger partial charge on any atom is -0.399 e. The van der Waals surface area contributed by atoms with Crippen molar-refractivity contribution in [3.8, 4) is 0 Å². The molecule has 19 heavy (non-hydrogen) atoms. The molecule has 100 valence electrons. The zero-order valence-corrected chi connectivity index (χ0v) is 11.4. The van der Waals surface area contributed by atoms with Crippen LogP contribution in [0, 0.1) is 5.82 Å². The van der Waals surface area contributed by atoms with Gasteiger partial charge < -0.3 is 5.73 Å². The van der Waals surface area contributed by atoms with E-state index < -0.39 is 21.4 Å². The SMILES string of the molecule is Nc1ccc(CS(=O)(=O)c2ccc(Cl)cc2)c(F)c1. The van der Waals surface area contributed by atoms with Gasteiger partial charge in [0.05, 0.1) is 10.6 Å². The van der Waals surface area contributed by atoms with Gasteiger partial charge in [0.2, 0.25) is 0 Å². The normalized spacial score (nSPS) is 11.5. The maximum atomic E-state index is 13.6. The third-order valence-corrected chi connectivity index (χ3v) is 4.53. The zero-order valence-electron chi connectivity index (χ0n) is 9.81. The summed E-state index contributed by atoms with van der Waals surface area (Å²) < 4.78 is 37.8. The lowest BCUT2D eigenvalue weighted by Gasteiger charge is -2.06. The number of halogens is 2. The van der Waals surface area contributed by atoms with Gasteiger partial charge in [0.25, 0.3) is 0 Å². The minimum atomic E-state index is -3.60. The highest BCUT2D eigenvalue weighted by atomic mass is 35.5. The molecular formula is C13H11ClFNO2S. The fourth-order valence-corrected chi connectivity index (χ4v) is 3.10. The molecule has 0 aliphatic carbocycles. The summed E-state index contributed by atoms with van der Waals surface area (Å²) in [5.74, 6) is -1.04. The molecule has 0 heterocycles. The lowest BCUT2D eigenvalue weighted by molar-refractivity contribution is 0.587. The lowest BCUT2D eigenvalue weighted by atomic mass is 10.2. The summed E-state index contributed by atoms with van der Waals surface area (Å²) in [7, 11) is -3.60. The van der Waals surface area contributed by atoms with E-state index in [9.17, 15) is 12.8 Å². The van der Waals surface area contributed by atoms with E-state index in [1.807, 2.05) is 0 Å². The third kappa shape index (κ3) is 3.24. The average molecular weight is 300 g/mol. The first-order valence-electron chi connectivity index (χ1n) is 5.41. The highest BCUT2D eigenvalue weighted by molar-refractivity contribution is 7.90. The Hall–Kier alpha value is -1.59. The van der Waals surface area contributed by atoms with Gasteiger partial charge in [0.1, 0.15) is 5.82 Å². The van der Waals surface area contributed by atoms with Gasteiger partial charge in [-0.15, -0.1) is 0 Å². The Kier molecular flexibility index (Phi) is 3.78. The molecule has 0 saturated carbocycles. The van der Waals surface area contributed by atoms with E-state index in [1.54, 1.807) is 0 Å². The first-order valence-corrected chi connectivity index (χ1v) is 7.44. The van der Waals surface area contributed by atoms with Crippen molar-refractivity contribution < 1.29 is 12.8 Å². The van der Waals surface area contributed by atoms with E-state index in [2.05, 4.69) is 0 Å². The molecule has 0 aliphatic rings. The molecule has 2 rings (SSSR count). The molecule has 6 heteroatoms. The van der Waals surface area contributed by atoms with Crippen LogP contribution in [0.25, 0.3) is 0 Å². The molecule has 0 fully saturated rings. The number of anilines is 1. The van der Waals surface area contributed by atoms with Crippen LogP contribution >= 0.6 is 11.6 Å². The van der Waals surface area contributed by atoms with E-state index in [4.69, 9.17) is 17.3 Å². The van der Waals surface area contributed by atoms with Crippen molar-refractivity contribution >= 4 is 27.1 Å². The summed E-state index contributed by atoms with van der Waals surface area (Å²) in [5, 5.41) is 0.442. The molecule has 0 amide bonds. The Balaban J connectivity index is 2.33. The largest absolute Gasteiger partial charge is 0.399 e. The van der Waals surface area contributed by atoms with Crippen LogP contribution in [0.4, 0.5) is 10.1 Å². The van der Waals surface area contributed by atoms with Gasteiger partial charge >= 0.3 is 0 Å². The molecule has 2 aromatic carbocycles. The van der Waals surface area contributed by atoms with Crippen LogP contribution in [0.5, 0.6) is 0 Å². The van der Waals surface area contributed by atoms with Crippen molar-refractivity contribution in [2.24, 2.45) is 0 Å². The van der Waals surface area contributed by atoms with Crippen LogP contribution in [-0.4, -0.2) is 8.42 Å². The fourth-order valence-electron chi connectivity index (χ4n) is 1.61. The van der Waals surface area contributed by atoms with Crippen molar-refractivity contribution in [1.29, 1.82) is 0 Å². The molecule has 0 aliphatic heterocycles. The highest BCUT2D eigenvalue weighted by Gasteiger charge is 2.17. The summed E-state index contributed by atoms with van der Waals surface area (Å²) >= 11 is 5.70. The molecule has 3 nitrogen and oxygen atoms in total. The monoisotopic (exact) mass is 299 g/mol. The van der Waals surface area contributed by atoms with Crippen molar-refractivity contribution in [1.82, 2.24) is 0 Å². The summed E-state index contributed by atoms with van der Waals surface area (Å²) in [6, 6.07) is 9.70. The third-order valence-electron chi connectivity index (χ3n) is 2.60. The Morgan fingerprint density at radius 2 is 1.74 bits per heavy atom. The van der Waals surface area contributed by atoms with Crippen molar-refractivity contribution in [3.63, 3.8) is 0 Å². The maximum absolute atomic E-state index is 13.6. The number of sulfone groups is 1. The number of hydrogen-bond acceptors (Lipinski definition) is 3. The topological polar surface area (TPSA) is 60.2 Å². The molecule has 0 atom stereocenters. The first-order chi connectivity index (χ1) is 8.88. The Bertz CT molecular complexity index is 699. The van der Waals surface area contributed by atoms with Crippen molar-refractivity contribution in [2.45, 2.75) is 10.6 Å². The Morgan fingerprint density at radius 1 is 1.11 bits per heavy atom. The van der Waals surface area contributed by atoms with Gasteiger partial charge in [-0.2, -0.15) is 0 Å². The quantitative estimate of drug-likeness (QED) is 0.886. The maximum Gasteiger partial charge on any atom is 0.182 e. The summed E-state index contributed by atoms with van der Waals surface area (Å²) in [4.78, 5) is 0.105. The van der Waals surface area contributed by atoms with Gasteiger partial charge in [0, 0.05) is 16.3 Å². The molecule has 2 aromatic rings. The van der Waals surface area contributed by atoms with Crippen LogP contribution in [0.15, 0.2) is 47.4 Å². The summed E-state index contributed by atoms with van der Waals surface area (Å²) in [6.45, 7) is 0. The van der Waals surface area contributed by atoms with Crippen LogP contribution in [-0.2, 0) is 15.6 Å². The molecule has 0 radical (unpaired) electrons. The van der Waals surface area contributed by atoms with Crippen molar-refractivity contribution in [2.75, 3.05) is 5.73 Å². The van der Waals surface area contributed by atoms with Gasteiger partial charge in [-0.05, 0) is 36.4 Å². The molecule has 0 saturated heterocycles. The second-order valence-electron chi connectivity index (χ2n) is 4.06. The second kappa shape index (κ2) is 5.19. The van der Waals surface area contributed by atoms with Crippen LogP contribution in [0.2, 0.25) is 5.02 Å². The van der Waals surface area contributed by atoms with Crippen LogP contribution in [0.1, 0.15) is 5.56 Å². The van der Waals surface area contributed by atoms with Gasteiger partial charge in [-0.3, -0.25) is 0 Å². The Labute approximate surface area is 115 Å². The molecule has 2 N–H and O–H groups in total. The van der Waals surface area contributed by atoms with E-state index in [1.165, 1.54) is 36.4 Å². The van der Waals surface area contributed by atoms with Crippen LogP contribution in [0.3, 0.4) is 0 Å². The summed E-state index contributed by atoms with van der Waals surface area (Å²) in [6.07, 6.45) is 0. The molecule has 0 aromatic heterocycles. The molecule has 0 unspecified atom stereocenters. The highest BCUT2D eigenvalue weighted by Crippen LogP contribution is 2.21. The number of hydrogen-bond donors (Lipinski definition) is 1. The lowest BCUT2D eigenvalue weighted by Crippen LogP contribution is -2.06. The standard InChI is InChI=1S/C13H11ClFNO2S/c14-10-2-5-12(6-3-10)19(17,18)8-9-1-4-11(16)7-13(9)15/h1-7H,8,16H2. The minimum absolute atomic E-state index is 0.0872. The molecule has 0 spiro atoms. The van der Waals surface area contributed by atoms with E-state index >= 15 is 0 Å². The molecular weight excluding hydrogens is 289 g/mol. The number of nitrogen functional groups attached to an aromatic ring is 1.